The normalized spacial score (nSPS) is 12.5. The zero-order valence-corrected chi connectivity index (χ0v) is 9.31. The number of nitrogen functional groups attached to an aromatic ring is 1. The first-order valence-electron chi connectivity index (χ1n) is 4.35. The third-order valence-electron chi connectivity index (χ3n) is 1.68. The highest BCUT2D eigenvalue weighted by Crippen LogP contribution is 2.20. The number of anilines is 1. The number of carbonyl (C=O) groups is 2. The number of hydrogen-bond acceptors (Lipinski definition) is 7. The van der Waals surface area contributed by atoms with Crippen LogP contribution in [-0.4, -0.2) is 34.8 Å². The number of thiazole rings is 1. The number of carbonyl (C=O) groups excluding carboxylic acids is 1. The lowest BCUT2D eigenvalue weighted by Crippen LogP contribution is -2.17. The Morgan fingerprint density at radius 2 is 2.47 bits per heavy atom. The van der Waals surface area contributed by atoms with Gasteiger partial charge in [-0.05, 0) is 0 Å². The van der Waals surface area contributed by atoms with E-state index in [0.717, 1.165) is 11.3 Å². The number of carboxylic acid groups (broad SMARTS) is 1. The summed E-state index contributed by atoms with van der Waals surface area (Å²) in [6.07, 6.45) is 0.633. The summed E-state index contributed by atoms with van der Waals surface area (Å²) >= 11 is 1.12. The molecular weight excluding hydrogens is 248 g/mol. The fourth-order valence-electron chi connectivity index (χ4n) is 0.947. The SMILES string of the molecule is [NH]C(=O)C=NOCC(C(=O)O)c1csc(N)n1. The van der Waals surface area contributed by atoms with Crippen LogP contribution in [0.2, 0.25) is 0 Å². The molecule has 9 heteroatoms. The lowest BCUT2D eigenvalue weighted by molar-refractivity contribution is -0.140. The third kappa shape index (κ3) is 4.07. The fourth-order valence-corrected chi connectivity index (χ4v) is 1.56. The Morgan fingerprint density at radius 3 is 2.94 bits per heavy atom. The molecule has 0 spiro atoms. The quantitative estimate of drug-likeness (QED) is 0.530. The van der Waals surface area contributed by atoms with Crippen molar-refractivity contribution in [2.75, 3.05) is 12.3 Å². The van der Waals surface area contributed by atoms with Crippen molar-refractivity contribution < 1.29 is 19.5 Å². The molecule has 1 radical (unpaired) electrons. The maximum Gasteiger partial charge on any atom is 0.316 e. The first-order valence-corrected chi connectivity index (χ1v) is 5.23. The van der Waals surface area contributed by atoms with Gasteiger partial charge in [-0.15, -0.1) is 11.3 Å². The van der Waals surface area contributed by atoms with Crippen molar-refractivity contribution in [1.82, 2.24) is 10.7 Å². The lowest BCUT2D eigenvalue weighted by atomic mass is 10.1. The maximum atomic E-state index is 10.9. The fraction of sp³-hybridized carbons (Fsp3) is 0.250. The van der Waals surface area contributed by atoms with Gasteiger partial charge in [0.1, 0.15) is 18.7 Å². The van der Waals surface area contributed by atoms with Crippen LogP contribution < -0.4 is 11.5 Å². The van der Waals surface area contributed by atoms with Gasteiger partial charge in [0.25, 0.3) is 5.91 Å². The molecule has 1 unspecified atom stereocenters. The number of aromatic nitrogens is 1. The van der Waals surface area contributed by atoms with Gasteiger partial charge in [-0.3, -0.25) is 15.3 Å². The minimum absolute atomic E-state index is 0.260. The third-order valence-corrected chi connectivity index (χ3v) is 2.37. The molecule has 0 aliphatic heterocycles. The van der Waals surface area contributed by atoms with Crippen molar-refractivity contribution in [2.24, 2.45) is 5.16 Å². The number of oxime groups is 1. The van der Waals surface area contributed by atoms with Crippen LogP contribution in [0.1, 0.15) is 11.6 Å². The van der Waals surface area contributed by atoms with Gasteiger partial charge in [-0.2, -0.15) is 0 Å². The van der Waals surface area contributed by atoms with Crippen LogP contribution >= 0.6 is 11.3 Å². The summed E-state index contributed by atoms with van der Waals surface area (Å²) in [6.45, 7) is -0.289. The summed E-state index contributed by atoms with van der Waals surface area (Å²) in [7, 11) is 0. The molecule has 0 bridgehead atoms. The summed E-state index contributed by atoms with van der Waals surface area (Å²) in [6, 6.07) is 0. The molecule has 1 aromatic heterocycles. The molecule has 0 saturated heterocycles. The molecule has 0 aromatic carbocycles. The van der Waals surface area contributed by atoms with E-state index < -0.39 is 17.8 Å². The Balaban J connectivity index is 2.62. The lowest BCUT2D eigenvalue weighted by Gasteiger charge is -2.07. The first-order chi connectivity index (χ1) is 8.00. The van der Waals surface area contributed by atoms with E-state index in [9.17, 15) is 9.59 Å². The highest BCUT2D eigenvalue weighted by atomic mass is 32.1. The van der Waals surface area contributed by atoms with Crippen molar-refractivity contribution in [3.05, 3.63) is 11.1 Å². The van der Waals surface area contributed by atoms with Crippen LogP contribution in [0.15, 0.2) is 10.5 Å². The number of aliphatic carboxylic acids is 1. The van der Waals surface area contributed by atoms with Gasteiger partial charge in [0.05, 0.1) is 5.69 Å². The van der Waals surface area contributed by atoms with Crippen LogP contribution in [0.25, 0.3) is 0 Å². The van der Waals surface area contributed by atoms with Gasteiger partial charge >= 0.3 is 5.97 Å². The second-order valence-corrected chi connectivity index (χ2v) is 3.79. The molecule has 17 heavy (non-hydrogen) atoms. The van der Waals surface area contributed by atoms with Crippen LogP contribution in [0.3, 0.4) is 0 Å². The van der Waals surface area contributed by atoms with Crippen molar-refractivity contribution in [2.45, 2.75) is 5.92 Å². The average molecular weight is 257 g/mol. The molecule has 1 rings (SSSR count). The number of hydrogen-bond donors (Lipinski definition) is 2. The van der Waals surface area contributed by atoms with Crippen LogP contribution in [0.4, 0.5) is 5.13 Å². The minimum atomic E-state index is -1.14. The van der Waals surface area contributed by atoms with Gasteiger partial charge in [0, 0.05) is 5.38 Å². The number of rotatable bonds is 6. The number of nitrogens with two attached hydrogens (primary N) is 1. The smallest absolute Gasteiger partial charge is 0.316 e. The maximum absolute atomic E-state index is 10.9. The number of nitrogens with one attached hydrogen (secondary N) is 1. The van der Waals surface area contributed by atoms with Gasteiger partial charge in [0.15, 0.2) is 5.13 Å². The first kappa shape index (κ1) is 12.9. The molecule has 91 valence electrons. The van der Waals surface area contributed by atoms with Gasteiger partial charge < -0.3 is 15.7 Å². The molecule has 1 aromatic rings. The van der Waals surface area contributed by atoms with Crippen LogP contribution in [0, 0.1) is 0 Å². The van der Waals surface area contributed by atoms with Gasteiger partial charge in [-0.25, -0.2) is 4.98 Å². The molecule has 4 N–H and O–H groups in total. The molecule has 1 amide bonds. The average Bonchev–Trinajstić information content (AvgIpc) is 2.63. The Morgan fingerprint density at radius 1 is 1.76 bits per heavy atom. The van der Waals surface area contributed by atoms with E-state index >= 15 is 0 Å². The Labute approximate surface area is 99.9 Å². The molecule has 0 aliphatic rings. The molecule has 8 nitrogen and oxygen atoms in total. The predicted molar refractivity (Wildman–Crippen MR) is 59.5 cm³/mol. The standard InChI is InChI=1S/C8H9N4O4S/c9-6(13)1-11-16-2-4(7(14)15)5-3-17-8(10)12-5/h1,3-4,9H,2H2,(H2,10,12)(H,14,15). The van der Waals surface area contributed by atoms with E-state index in [4.69, 9.17) is 16.6 Å². The molecule has 1 heterocycles. The highest BCUT2D eigenvalue weighted by Gasteiger charge is 2.23. The minimum Gasteiger partial charge on any atom is -0.481 e. The molecular formula is C8H9N4O4S. The zero-order valence-electron chi connectivity index (χ0n) is 8.49. The number of amides is 1. The highest BCUT2D eigenvalue weighted by molar-refractivity contribution is 7.13. The van der Waals surface area contributed by atoms with Crippen LogP contribution in [0.5, 0.6) is 0 Å². The second kappa shape index (κ2) is 5.80. The van der Waals surface area contributed by atoms with E-state index in [1.165, 1.54) is 5.38 Å². The van der Waals surface area contributed by atoms with E-state index in [2.05, 4.69) is 15.0 Å². The second-order valence-electron chi connectivity index (χ2n) is 2.90. The van der Waals surface area contributed by atoms with Gasteiger partial charge in [0.2, 0.25) is 0 Å². The summed E-state index contributed by atoms with van der Waals surface area (Å²) in [5.74, 6) is -3.18. The van der Waals surface area contributed by atoms with Crippen molar-refractivity contribution in [3.8, 4) is 0 Å². The summed E-state index contributed by atoms with van der Waals surface area (Å²) in [5, 5.41) is 13.8. The summed E-state index contributed by atoms with van der Waals surface area (Å²) in [5.41, 5.74) is 12.2. The molecule has 0 saturated carbocycles. The number of carboxylic acids is 1. The van der Waals surface area contributed by atoms with E-state index in [1.54, 1.807) is 0 Å². The zero-order chi connectivity index (χ0) is 12.8. The van der Waals surface area contributed by atoms with Crippen molar-refractivity contribution in [3.63, 3.8) is 0 Å². The topological polar surface area (TPSA) is 139 Å². The van der Waals surface area contributed by atoms with Crippen molar-refractivity contribution >= 4 is 34.6 Å². The Kier molecular flexibility index (Phi) is 4.40. The Hall–Kier alpha value is -2.16. The van der Waals surface area contributed by atoms with Crippen molar-refractivity contribution in [1.29, 1.82) is 0 Å². The number of nitrogens with zero attached hydrogens (tertiary/aromatic N) is 2. The predicted octanol–water partition coefficient (Wildman–Crippen LogP) is -0.295. The molecule has 0 aliphatic carbocycles. The Bertz CT molecular complexity index is 444. The van der Waals surface area contributed by atoms with Crippen LogP contribution in [-0.2, 0) is 14.4 Å². The largest absolute Gasteiger partial charge is 0.481 e. The summed E-state index contributed by atoms with van der Waals surface area (Å²) in [4.78, 5) is 29.5. The van der Waals surface area contributed by atoms with Gasteiger partial charge in [-0.1, -0.05) is 5.16 Å². The monoisotopic (exact) mass is 257 g/mol. The van der Waals surface area contributed by atoms with E-state index in [0.29, 0.717) is 6.21 Å². The molecule has 0 fully saturated rings. The summed E-state index contributed by atoms with van der Waals surface area (Å²) < 4.78 is 0. The van der Waals surface area contributed by atoms with E-state index in [-0.39, 0.29) is 17.4 Å². The molecule has 1 atom stereocenters. The van der Waals surface area contributed by atoms with E-state index in [1.807, 2.05) is 0 Å².